The van der Waals surface area contributed by atoms with Crippen LogP contribution in [0.15, 0.2) is 4.52 Å². The molecule has 108 valence electrons. The molecule has 0 spiro atoms. The summed E-state index contributed by atoms with van der Waals surface area (Å²) in [5, 5.41) is 12.9. The van der Waals surface area contributed by atoms with E-state index in [1.165, 1.54) is 12.8 Å². The summed E-state index contributed by atoms with van der Waals surface area (Å²) in [6.07, 6.45) is 5.22. The molecule has 3 N–H and O–H groups in total. The van der Waals surface area contributed by atoms with E-state index in [-0.39, 0.29) is 12.6 Å². The van der Waals surface area contributed by atoms with Gasteiger partial charge in [0, 0.05) is 12.5 Å². The Balaban J connectivity index is 1.93. The standard InChI is InChI=1S/C14H25N3O2/c1-9(2)10-3-5-11(6-4-10)13-16-14(19-17-13)12(15)7-8-18/h9-12,18H,3-8,15H2,1-2H3. The van der Waals surface area contributed by atoms with Gasteiger partial charge in [0.1, 0.15) is 0 Å². The molecule has 19 heavy (non-hydrogen) atoms. The molecule has 5 nitrogen and oxygen atoms in total. The maximum atomic E-state index is 8.86. The number of aromatic nitrogens is 2. The van der Waals surface area contributed by atoms with Crippen molar-refractivity contribution in [1.29, 1.82) is 0 Å². The smallest absolute Gasteiger partial charge is 0.243 e. The quantitative estimate of drug-likeness (QED) is 0.855. The highest BCUT2D eigenvalue weighted by Crippen LogP contribution is 2.37. The molecule has 0 aliphatic heterocycles. The Morgan fingerprint density at radius 3 is 2.58 bits per heavy atom. The Morgan fingerprint density at radius 2 is 2.00 bits per heavy atom. The van der Waals surface area contributed by atoms with E-state index >= 15 is 0 Å². The summed E-state index contributed by atoms with van der Waals surface area (Å²) in [6.45, 7) is 4.63. The second-order valence-electron chi connectivity index (χ2n) is 5.97. The lowest BCUT2D eigenvalue weighted by atomic mass is 9.77. The SMILES string of the molecule is CC(C)C1CCC(c2noc(C(N)CCO)n2)CC1. The minimum Gasteiger partial charge on any atom is -0.396 e. The fourth-order valence-electron chi connectivity index (χ4n) is 2.87. The van der Waals surface area contributed by atoms with Crippen LogP contribution in [-0.2, 0) is 0 Å². The molecule has 1 aliphatic rings. The number of nitrogens with zero attached hydrogens (tertiary/aromatic N) is 2. The largest absolute Gasteiger partial charge is 0.396 e. The Morgan fingerprint density at radius 1 is 1.32 bits per heavy atom. The van der Waals surface area contributed by atoms with Crippen LogP contribution in [0, 0.1) is 11.8 Å². The molecule has 1 fully saturated rings. The topological polar surface area (TPSA) is 85.2 Å². The molecular weight excluding hydrogens is 242 g/mol. The summed E-state index contributed by atoms with van der Waals surface area (Å²) in [7, 11) is 0. The van der Waals surface area contributed by atoms with Gasteiger partial charge >= 0.3 is 0 Å². The maximum Gasteiger partial charge on any atom is 0.243 e. The highest BCUT2D eigenvalue weighted by atomic mass is 16.5. The Labute approximate surface area is 114 Å². The van der Waals surface area contributed by atoms with Crippen molar-refractivity contribution >= 4 is 0 Å². The van der Waals surface area contributed by atoms with E-state index in [9.17, 15) is 0 Å². The third-order valence-corrected chi connectivity index (χ3v) is 4.29. The highest BCUT2D eigenvalue weighted by molar-refractivity contribution is 5.00. The summed E-state index contributed by atoms with van der Waals surface area (Å²) in [5.74, 6) is 3.26. The molecule has 1 unspecified atom stereocenters. The summed E-state index contributed by atoms with van der Waals surface area (Å²) in [5.41, 5.74) is 5.85. The van der Waals surface area contributed by atoms with Crippen molar-refractivity contribution in [3.8, 4) is 0 Å². The van der Waals surface area contributed by atoms with Crippen molar-refractivity contribution in [1.82, 2.24) is 10.1 Å². The molecule has 1 aromatic heterocycles. The predicted octanol–water partition coefficient (Wildman–Crippen LogP) is 2.38. The molecule has 0 aromatic carbocycles. The number of nitrogens with two attached hydrogens (primary N) is 1. The Kier molecular flexibility index (Phi) is 4.93. The van der Waals surface area contributed by atoms with Gasteiger partial charge in [-0.2, -0.15) is 4.98 Å². The van der Waals surface area contributed by atoms with Crippen LogP contribution < -0.4 is 5.73 Å². The van der Waals surface area contributed by atoms with Crippen LogP contribution in [-0.4, -0.2) is 21.9 Å². The second-order valence-corrected chi connectivity index (χ2v) is 5.97. The van der Waals surface area contributed by atoms with Gasteiger partial charge in [0.25, 0.3) is 0 Å². The molecule has 1 saturated carbocycles. The first-order valence-electron chi connectivity index (χ1n) is 7.31. The lowest BCUT2D eigenvalue weighted by molar-refractivity contribution is 0.249. The number of hydrogen-bond donors (Lipinski definition) is 2. The Hall–Kier alpha value is -0.940. The zero-order valence-corrected chi connectivity index (χ0v) is 11.9. The number of rotatable bonds is 5. The lowest BCUT2D eigenvalue weighted by Crippen LogP contribution is -2.18. The summed E-state index contributed by atoms with van der Waals surface area (Å²) in [6, 6.07) is -0.349. The van der Waals surface area contributed by atoms with E-state index < -0.39 is 0 Å². The zero-order valence-electron chi connectivity index (χ0n) is 11.9. The van der Waals surface area contributed by atoms with Gasteiger partial charge in [0.15, 0.2) is 5.82 Å². The molecule has 0 radical (unpaired) electrons. The fraction of sp³-hybridized carbons (Fsp3) is 0.857. The average molecular weight is 267 g/mol. The molecule has 0 saturated heterocycles. The van der Waals surface area contributed by atoms with Crippen molar-refractivity contribution in [3.63, 3.8) is 0 Å². The Bertz CT molecular complexity index is 384. The van der Waals surface area contributed by atoms with E-state index in [1.54, 1.807) is 0 Å². The third-order valence-electron chi connectivity index (χ3n) is 4.29. The third kappa shape index (κ3) is 3.54. The monoisotopic (exact) mass is 267 g/mol. The van der Waals surface area contributed by atoms with Crippen molar-refractivity contribution < 1.29 is 9.63 Å². The predicted molar refractivity (Wildman–Crippen MR) is 72.5 cm³/mol. The molecule has 1 aliphatic carbocycles. The van der Waals surface area contributed by atoms with Crippen LogP contribution in [0.4, 0.5) is 0 Å². The molecule has 2 rings (SSSR count). The molecule has 1 heterocycles. The van der Waals surface area contributed by atoms with Crippen molar-refractivity contribution in [2.45, 2.75) is 57.9 Å². The molecular formula is C14H25N3O2. The van der Waals surface area contributed by atoms with Gasteiger partial charge < -0.3 is 15.4 Å². The van der Waals surface area contributed by atoms with Gasteiger partial charge in [-0.15, -0.1) is 0 Å². The fourth-order valence-corrected chi connectivity index (χ4v) is 2.87. The normalized spacial score (nSPS) is 25.7. The van der Waals surface area contributed by atoms with E-state index in [4.69, 9.17) is 15.4 Å². The first-order chi connectivity index (χ1) is 9.11. The van der Waals surface area contributed by atoms with Crippen LogP contribution in [0.5, 0.6) is 0 Å². The minimum absolute atomic E-state index is 0.0401. The van der Waals surface area contributed by atoms with Crippen LogP contribution in [0.2, 0.25) is 0 Å². The second kappa shape index (κ2) is 6.48. The van der Waals surface area contributed by atoms with Crippen molar-refractivity contribution in [2.24, 2.45) is 17.6 Å². The van der Waals surface area contributed by atoms with Gasteiger partial charge in [0.2, 0.25) is 5.89 Å². The van der Waals surface area contributed by atoms with E-state index in [2.05, 4.69) is 24.0 Å². The first kappa shape index (κ1) is 14.5. The maximum absolute atomic E-state index is 8.86. The highest BCUT2D eigenvalue weighted by Gasteiger charge is 2.27. The molecule has 0 amide bonds. The van der Waals surface area contributed by atoms with Crippen LogP contribution >= 0.6 is 0 Å². The van der Waals surface area contributed by atoms with E-state index in [0.29, 0.717) is 18.2 Å². The van der Waals surface area contributed by atoms with Crippen molar-refractivity contribution in [3.05, 3.63) is 11.7 Å². The zero-order chi connectivity index (χ0) is 13.8. The van der Waals surface area contributed by atoms with E-state index in [0.717, 1.165) is 30.5 Å². The van der Waals surface area contributed by atoms with Gasteiger partial charge in [-0.1, -0.05) is 19.0 Å². The van der Waals surface area contributed by atoms with Crippen LogP contribution in [0.1, 0.15) is 69.6 Å². The van der Waals surface area contributed by atoms with Gasteiger partial charge in [-0.05, 0) is 43.9 Å². The van der Waals surface area contributed by atoms with Gasteiger partial charge in [-0.3, -0.25) is 0 Å². The first-order valence-corrected chi connectivity index (χ1v) is 7.31. The minimum atomic E-state index is -0.349. The number of hydrogen-bond acceptors (Lipinski definition) is 5. The van der Waals surface area contributed by atoms with Gasteiger partial charge in [0.05, 0.1) is 6.04 Å². The van der Waals surface area contributed by atoms with Gasteiger partial charge in [-0.25, -0.2) is 0 Å². The summed E-state index contributed by atoms with van der Waals surface area (Å²) >= 11 is 0. The summed E-state index contributed by atoms with van der Waals surface area (Å²) in [4.78, 5) is 4.41. The lowest BCUT2D eigenvalue weighted by Gasteiger charge is -2.29. The molecule has 0 bridgehead atoms. The van der Waals surface area contributed by atoms with Crippen LogP contribution in [0.25, 0.3) is 0 Å². The summed E-state index contributed by atoms with van der Waals surface area (Å²) < 4.78 is 5.21. The number of aliphatic hydroxyl groups excluding tert-OH is 1. The van der Waals surface area contributed by atoms with Crippen molar-refractivity contribution in [2.75, 3.05) is 6.61 Å². The molecule has 5 heteroatoms. The average Bonchev–Trinajstić information content (AvgIpc) is 2.89. The van der Waals surface area contributed by atoms with E-state index in [1.807, 2.05) is 0 Å². The van der Waals surface area contributed by atoms with Crippen LogP contribution in [0.3, 0.4) is 0 Å². The molecule has 1 aromatic rings. The molecule has 1 atom stereocenters. The number of aliphatic hydroxyl groups is 1.